The van der Waals surface area contributed by atoms with Crippen LogP contribution in [0.3, 0.4) is 0 Å². The van der Waals surface area contributed by atoms with Crippen LogP contribution in [-0.4, -0.2) is 29.7 Å². The fraction of sp³-hybridized carbons (Fsp3) is 0.846. The number of nitrogens with one attached hydrogen (secondary N) is 2. The highest BCUT2D eigenvalue weighted by atomic mass is 16.4. The molecule has 0 spiro atoms. The summed E-state index contributed by atoms with van der Waals surface area (Å²) >= 11 is 0. The molecule has 0 radical (unpaired) electrons. The second-order valence-corrected chi connectivity index (χ2v) is 5.95. The average molecular weight is 256 g/mol. The number of urea groups is 1. The predicted octanol–water partition coefficient (Wildman–Crippen LogP) is 1.83. The van der Waals surface area contributed by atoms with E-state index in [2.05, 4.69) is 24.5 Å². The van der Waals surface area contributed by atoms with E-state index in [0.717, 1.165) is 6.42 Å². The van der Waals surface area contributed by atoms with Gasteiger partial charge in [-0.1, -0.05) is 34.1 Å². The van der Waals surface area contributed by atoms with E-state index in [9.17, 15) is 9.59 Å². The van der Waals surface area contributed by atoms with Crippen LogP contribution in [0.15, 0.2) is 0 Å². The number of carboxylic acid groups (broad SMARTS) is 1. The van der Waals surface area contributed by atoms with E-state index in [1.807, 2.05) is 13.8 Å². The molecule has 5 heteroatoms. The third-order valence-electron chi connectivity index (χ3n) is 3.99. The van der Waals surface area contributed by atoms with E-state index in [1.165, 1.54) is 0 Å². The fourth-order valence-corrected chi connectivity index (χ4v) is 2.02. The van der Waals surface area contributed by atoms with Crippen molar-refractivity contribution < 1.29 is 14.7 Å². The Kier molecular flexibility index (Phi) is 4.59. The summed E-state index contributed by atoms with van der Waals surface area (Å²) in [7, 11) is 0. The summed E-state index contributed by atoms with van der Waals surface area (Å²) in [6, 6.07) is -1.20. The maximum atomic E-state index is 11.6. The molecule has 0 aromatic rings. The molecule has 0 aromatic carbocycles. The first-order chi connectivity index (χ1) is 8.27. The van der Waals surface area contributed by atoms with Gasteiger partial charge in [0.1, 0.15) is 6.04 Å². The van der Waals surface area contributed by atoms with Gasteiger partial charge < -0.3 is 15.7 Å². The van der Waals surface area contributed by atoms with Crippen LogP contribution in [0, 0.1) is 17.3 Å². The molecule has 0 aromatic heterocycles. The maximum Gasteiger partial charge on any atom is 0.326 e. The van der Waals surface area contributed by atoms with E-state index < -0.39 is 12.0 Å². The van der Waals surface area contributed by atoms with Gasteiger partial charge in [0.15, 0.2) is 0 Å². The Bertz CT molecular complexity index is 328. The van der Waals surface area contributed by atoms with E-state index in [4.69, 9.17) is 5.11 Å². The minimum absolute atomic E-state index is 0.0781. The third-order valence-corrected chi connectivity index (χ3v) is 3.99. The maximum absolute atomic E-state index is 11.6. The molecular weight excluding hydrogens is 232 g/mol. The lowest BCUT2D eigenvalue weighted by atomic mass is 9.99. The first kappa shape index (κ1) is 14.8. The van der Waals surface area contributed by atoms with Gasteiger partial charge in [0.2, 0.25) is 0 Å². The number of aliphatic carboxylic acids is 1. The van der Waals surface area contributed by atoms with Crippen LogP contribution in [0.25, 0.3) is 0 Å². The molecule has 0 bridgehead atoms. The number of hydrogen-bond acceptors (Lipinski definition) is 2. The van der Waals surface area contributed by atoms with Gasteiger partial charge in [-0.15, -0.1) is 0 Å². The van der Waals surface area contributed by atoms with Crippen molar-refractivity contribution in [2.75, 3.05) is 6.54 Å². The van der Waals surface area contributed by atoms with Gasteiger partial charge >= 0.3 is 12.0 Å². The first-order valence-corrected chi connectivity index (χ1v) is 6.55. The lowest BCUT2D eigenvalue weighted by Gasteiger charge is -2.20. The molecule has 1 aliphatic carbocycles. The molecule has 1 rings (SSSR count). The molecule has 1 aliphatic rings. The second kappa shape index (κ2) is 5.59. The zero-order valence-electron chi connectivity index (χ0n) is 11.6. The minimum atomic E-state index is -0.980. The molecule has 1 fully saturated rings. The molecule has 0 aliphatic heterocycles. The van der Waals surface area contributed by atoms with Crippen LogP contribution < -0.4 is 10.6 Å². The van der Waals surface area contributed by atoms with E-state index >= 15 is 0 Å². The summed E-state index contributed by atoms with van der Waals surface area (Å²) in [6.07, 6.45) is 1.83. The highest BCUT2D eigenvalue weighted by molar-refractivity contribution is 5.82. The molecule has 3 N–H and O–H groups in total. The van der Waals surface area contributed by atoms with Gasteiger partial charge in [0.05, 0.1) is 0 Å². The molecule has 3 atom stereocenters. The number of hydrogen-bond donors (Lipinski definition) is 3. The Labute approximate surface area is 108 Å². The number of carbonyl (C=O) groups is 2. The lowest BCUT2D eigenvalue weighted by Crippen LogP contribution is -2.49. The fourth-order valence-electron chi connectivity index (χ4n) is 2.02. The number of carboxylic acids is 1. The quantitative estimate of drug-likeness (QED) is 0.678. The van der Waals surface area contributed by atoms with Crippen LogP contribution in [0.1, 0.15) is 40.5 Å². The zero-order chi connectivity index (χ0) is 13.9. The van der Waals surface area contributed by atoms with Gasteiger partial charge in [0.25, 0.3) is 0 Å². The van der Waals surface area contributed by atoms with Crippen molar-refractivity contribution in [2.45, 2.75) is 46.6 Å². The zero-order valence-corrected chi connectivity index (χ0v) is 11.6. The topological polar surface area (TPSA) is 78.4 Å². The van der Waals surface area contributed by atoms with E-state index in [1.54, 1.807) is 0 Å². The third kappa shape index (κ3) is 3.89. The second-order valence-electron chi connectivity index (χ2n) is 5.95. The minimum Gasteiger partial charge on any atom is -0.480 e. The highest BCUT2D eigenvalue weighted by Gasteiger charge is 2.45. The molecule has 104 valence electrons. The van der Waals surface area contributed by atoms with Gasteiger partial charge in [-0.3, -0.25) is 0 Å². The smallest absolute Gasteiger partial charge is 0.326 e. The molecular formula is C13H24N2O3. The van der Waals surface area contributed by atoms with Gasteiger partial charge in [-0.2, -0.15) is 0 Å². The molecule has 3 unspecified atom stereocenters. The molecule has 5 nitrogen and oxygen atoms in total. The summed E-state index contributed by atoms with van der Waals surface area (Å²) in [5, 5.41) is 14.3. The Morgan fingerprint density at radius 3 is 2.39 bits per heavy atom. The predicted molar refractivity (Wildman–Crippen MR) is 69.3 cm³/mol. The van der Waals surface area contributed by atoms with E-state index in [-0.39, 0.29) is 11.9 Å². The van der Waals surface area contributed by atoms with Crippen LogP contribution in [0.5, 0.6) is 0 Å². The van der Waals surface area contributed by atoms with Crippen molar-refractivity contribution in [3.8, 4) is 0 Å². The van der Waals surface area contributed by atoms with Gasteiger partial charge in [0, 0.05) is 6.54 Å². The monoisotopic (exact) mass is 256 g/mol. The SMILES string of the molecule is CCC(C)C(NC(=O)NCC1CC1(C)C)C(=O)O. The highest BCUT2D eigenvalue weighted by Crippen LogP contribution is 2.50. The van der Waals surface area contributed by atoms with Crippen molar-refractivity contribution in [1.29, 1.82) is 0 Å². The summed E-state index contributed by atoms with van der Waals surface area (Å²) in [5.74, 6) is -0.549. The molecule has 2 amide bonds. The van der Waals surface area contributed by atoms with Gasteiger partial charge in [-0.25, -0.2) is 9.59 Å². The summed E-state index contributed by atoms with van der Waals surface area (Å²) < 4.78 is 0. The van der Waals surface area contributed by atoms with Crippen molar-refractivity contribution >= 4 is 12.0 Å². The Balaban J connectivity index is 2.35. The average Bonchev–Trinajstić information content (AvgIpc) is 2.90. The summed E-state index contributed by atoms with van der Waals surface area (Å²) in [6.45, 7) is 8.68. The molecule has 1 saturated carbocycles. The Morgan fingerprint density at radius 2 is 2.00 bits per heavy atom. The Morgan fingerprint density at radius 1 is 1.44 bits per heavy atom. The van der Waals surface area contributed by atoms with Crippen molar-refractivity contribution in [3.05, 3.63) is 0 Å². The van der Waals surface area contributed by atoms with Crippen LogP contribution in [-0.2, 0) is 4.79 Å². The van der Waals surface area contributed by atoms with Gasteiger partial charge in [-0.05, 0) is 23.7 Å². The lowest BCUT2D eigenvalue weighted by molar-refractivity contribution is -0.140. The first-order valence-electron chi connectivity index (χ1n) is 6.55. The number of rotatable bonds is 6. The van der Waals surface area contributed by atoms with Crippen LogP contribution in [0.2, 0.25) is 0 Å². The largest absolute Gasteiger partial charge is 0.480 e. The van der Waals surface area contributed by atoms with Crippen molar-refractivity contribution in [3.63, 3.8) is 0 Å². The normalized spacial score (nSPS) is 23.9. The molecule has 0 saturated heterocycles. The number of amides is 2. The number of carbonyl (C=O) groups excluding carboxylic acids is 1. The van der Waals surface area contributed by atoms with Crippen molar-refractivity contribution in [2.24, 2.45) is 17.3 Å². The van der Waals surface area contributed by atoms with Crippen LogP contribution >= 0.6 is 0 Å². The molecule has 18 heavy (non-hydrogen) atoms. The Hall–Kier alpha value is -1.26. The van der Waals surface area contributed by atoms with E-state index in [0.29, 0.717) is 24.3 Å². The van der Waals surface area contributed by atoms with Crippen LogP contribution in [0.4, 0.5) is 4.79 Å². The standard InChI is InChI=1S/C13H24N2O3/c1-5-8(2)10(11(16)17)15-12(18)14-7-9-6-13(9,3)4/h8-10H,5-7H2,1-4H3,(H,16,17)(H2,14,15,18). The molecule has 0 heterocycles. The van der Waals surface area contributed by atoms with Crippen molar-refractivity contribution in [1.82, 2.24) is 10.6 Å². The summed E-state index contributed by atoms with van der Waals surface area (Å²) in [4.78, 5) is 22.7. The summed E-state index contributed by atoms with van der Waals surface area (Å²) in [5.41, 5.74) is 0.316.